The quantitative estimate of drug-likeness (QED) is 0.787. The summed E-state index contributed by atoms with van der Waals surface area (Å²) in [4.78, 5) is 4.32. The third-order valence-electron chi connectivity index (χ3n) is 3.56. The summed E-state index contributed by atoms with van der Waals surface area (Å²) in [7, 11) is 0. The van der Waals surface area contributed by atoms with Crippen molar-refractivity contribution in [2.75, 3.05) is 13.1 Å². The summed E-state index contributed by atoms with van der Waals surface area (Å²) < 4.78 is 0. The first kappa shape index (κ1) is 10.5. The number of aromatic nitrogens is 1. The maximum absolute atomic E-state index is 10.0. The number of nitrogens with one attached hydrogen (secondary N) is 1. The van der Waals surface area contributed by atoms with Gasteiger partial charge in [-0.2, -0.15) is 0 Å². The highest BCUT2D eigenvalue weighted by atomic mass is 16.3. The third-order valence-corrected chi connectivity index (χ3v) is 3.56. The zero-order valence-corrected chi connectivity index (χ0v) is 9.69. The molecule has 0 radical (unpaired) electrons. The molecule has 2 heterocycles. The molecule has 1 saturated heterocycles. The standard InChI is InChI=1S/C14H16N2O/c17-13-6-9-16-12-3-1-2-11(14(12)13)10-4-7-15-8-5-10/h1-3,6,9-10,15H,4-5,7-8H2,(H,16,17). The average molecular weight is 228 g/mol. The van der Waals surface area contributed by atoms with E-state index in [-0.39, 0.29) is 0 Å². The average Bonchev–Trinajstić information content (AvgIpc) is 2.39. The lowest BCUT2D eigenvalue weighted by atomic mass is 9.87. The number of hydrogen-bond acceptors (Lipinski definition) is 3. The van der Waals surface area contributed by atoms with Gasteiger partial charge in [0.1, 0.15) is 5.75 Å². The Balaban J connectivity index is 2.14. The van der Waals surface area contributed by atoms with Crippen LogP contribution in [-0.4, -0.2) is 23.2 Å². The summed E-state index contributed by atoms with van der Waals surface area (Å²) in [5, 5.41) is 14.3. The predicted octanol–water partition coefficient (Wildman–Crippen LogP) is 2.41. The van der Waals surface area contributed by atoms with E-state index >= 15 is 0 Å². The van der Waals surface area contributed by atoms with Crippen LogP contribution in [-0.2, 0) is 0 Å². The van der Waals surface area contributed by atoms with Crippen molar-refractivity contribution in [1.82, 2.24) is 10.3 Å². The molecule has 88 valence electrons. The van der Waals surface area contributed by atoms with Crippen molar-refractivity contribution in [2.45, 2.75) is 18.8 Å². The van der Waals surface area contributed by atoms with Crippen molar-refractivity contribution in [3.8, 4) is 5.75 Å². The Kier molecular flexibility index (Phi) is 2.69. The molecule has 1 aliphatic rings. The number of aromatic hydroxyl groups is 1. The van der Waals surface area contributed by atoms with Crippen LogP contribution in [0.3, 0.4) is 0 Å². The molecule has 17 heavy (non-hydrogen) atoms. The van der Waals surface area contributed by atoms with Crippen LogP contribution < -0.4 is 5.32 Å². The molecule has 1 aromatic heterocycles. The molecule has 0 spiro atoms. The lowest BCUT2D eigenvalue weighted by Gasteiger charge is -2.24. The maximum atomic E-state index is 10.0. The highest BCUT2D eigenvalue weighted by Gasteiger charge is 2.18. The van der Waals surface area contributed by atoms with Crippen molar-refractivity contribution < 1.29 is 5.11 Å². The van der Waals surface area contributed by atoms with E-state index in [9.17, 15) is 5.11 Å². The molecule has 0 saturated carbocycles. The summed E-state index contributed by atoms with van der Waals surface area (Å²) in [6.45, 7) is 2.12. The molecular weight excluding hydrogens is 212 g/mol. The van der Waals surface area contributed by atoms with Crippen LogP contribution in [0.25, 0.3) is 10.9 Å². The van der Waals surface area contributed by atoms with E-state index in [2.05, 4.69) is 16.4 Å². The van der Waals surface area contributed by atoms with E-state index in [0.717, 1.165) is 36.8 Å². The molecule has 1 aliphatic heterocycles. The van der Waals surface area contributed by atoms with Gasteiger partial charge in [-0.05, 0) is 49.5 Å². The van der Waals surface area contributed by atoms with Gasteiger partial charge in [-0.15, -0.1) is 0 Å². The first-order valence-electron chi connectivity index (χ1n) is 6.13. The highest BCUT2D eigenvalue weighted by molar-refractivity contribution is 5.88. The molecule has 1 aromatic carbocycles. The number of rotatable bonds is 1. The van der Waals surface area contributed by atoms with Gasteiger partial charge < -0.3 is 10.4 Å². The van der Waals surface area contributed by atoms with Crippen LogP contribution in [0.4, 0.5) is 0 Å². The molecule has 3 rings (SSSR count). The van der Waals surface area contributed by atoms with Gasteiger partial charge in [0.2, 0.25) is 0 Å². The number of fused-ring (bicyclic) bond motifs is 1. The van der Waals surface area contributed by atoms with E-state index in [1.165, 1.54) is 5.56 Å². The minimum absolute atomic E-state index is 0.351. The Hall–Kier alpha value is -1.61. The van der Waals surface area contributed by atoms with E-state index < -0.39 is 0 Å². The van der Waals surface area contributed by atoms with Gasteiger partial charge in [0.25, 0.3) is 0 Å². The second-order valence-corrected chi connectivity index (χ2v) is 4.60. The van der Waals surface area contributed by atoms with Crippen molar-refractivity contribution in [3.63, 3.8) is 0 Å². The van der Waals surface area contributed by atoms with E-state index in [4.69, 9.17) is 0 Å². The van der Waals surface area contributed by atoms with Crippen molar-refractivity contribution in [3.05, 3.63) is 36.0 Å². The fraction of sp³-hybridized carbons (Fsp3) is 0.357. The van der Waals surface area contributed by atoms with Gasteiger partial charge in [-0.1, -0.05) is 12.1 Å². The normalized spacial score (nSPS) is 17.4. The number of nitrogens with zero attached hydrogens (tertiary/aromatic N) is 1. The summed E-state index contributed by atoms with van der Waals surface area (Å²) in [6.07, 6.45) is 3.92. The third kappa shape index (κ3) is 1.87. The smallest absolute Gasteiger partial charge is 0.126 e. The summed E-state index contributed by atoms with van der Waals surface area (Å²) in [6, 6.07) is 7.79. The van der Waals surface area contributed by atoms with Gasteiger partial charge in [-0.3, -0.25) is 4.98 Å². The number of benzene rings is 1. The van der Waals surface area contributed by atoms with E-state index in [0.29, 0.717) is 11.7 Å². The van der Waals surface area contributed by atoms with E-state index in [1.54, 1.807) is 12.3 Å². The van der Waals surface area contributed by atoms with Crippen LogP contribution in [0.2, 0.25) is 0 Å². The molecule has 2 N–H and O–H groups in total. The Morgan fingerprint density at radius 3 is 2.82 bits per heavy atom. The molecule has 0 aliphatic carbocycles. The lowest BCUT2D eigenvalue weighted by Crippen LogP contribution is -2.26. The summed E-state index contributed by atoms with van der Waals surface area (Å²) >= 11 is 0. The van der Waals surface area contributed by atoms with Gasteiger partial charge >= 0.3 is 0 Å². The zero-order valence-electron chi connectivity index (χ0n) is 9.69. The van der Waals surface area contributed by atoms with Gasteiger partial charge in [0, 0.05) is 11.6 Å². The Labute approximate surface area is 100 Å². The lowest BCUT2D eigenvalue weighted by molar-refractivity contribution is 0.458. The molecule has 3 heteroatoms. The topological polar surface area (TPSA) is 45.2 Å². The molecule has 0 bridgehead atoms. The number of hydrogen-bond donors (Lipinski definition) is 2. The Morgan fingerprint density at radius 1 is 1.18 bits per heavy atom. The van der Waals surface area contributed by atoms with Gasteiger partial charge in [0.15, 0.2) is 0 Å². The molecule has 2 aromatic rings. The van der Waals surface area contributed by atoms with Gasteiger partial charge in [-0.25, -0.2) is 0 Å². The zero-order chi connectivity index (χ0) is 11.7. The monoisotopic (exact) mass is 228 g/mol. The van der Waals surface area contributed by atoms with Crippen LogP contribution in [0.1, 0.15) is 24.3 Å². The van der Waals surface area contributed by atoms with Crippen molar-refractivity contribution in [2.24, 2.45) is 0 Å². The van der Waals surface area contributed by atoms with Crippen LogP contribution in [0.15, 0.2) is 30.5 Å². The number of pyridine rings is 1. The first-order valence-corrected chi connectivity index (χ1v) is 6.13. The van der Waals surface area contributed by atoms with Crippen LogP contribution in [0, 0.1) is 0 Å². The fourth-order valence-electron chi connectivity index (χ4n) is 2.69. The molecule has 0 unspecified atom stereocenters. The number of piperidine rings is 1. The predicted molar refractivity (Wildman–Crippen MR) is 68.3 cm³/mol. The SMILES string of the molecule is Oc1ccnc2cccc(C3CCNCC3)c12. The first-order chi connectivity index (χ1) is 8.36. The van der Waals surface area contributed by atoms with Crippen molar-refractivity contribution >= 4 is 10.9 Å². The molecule has 1 fully saturated rings. The fourth-order valence-corrected chi connectivity index (χ4v) is 2.69. The second-order valence-electron chi connectivity index (χ2n) is 4.60. The Morgan fingerprint density at radius 2 is 2.00 bits per heavy atom. The minimum Gasteiger partial charge on any atom is -0.507 e. The Bertz CT molecular complexity index is 527. The molecule has 3 nitrogen and oxygen atoms in total. The van der Waals surface area contributed by atoms with Crippen molar-refractivity contribution in [1.29, 1.82) is 0 Å². The van der Waals surface area contributed by atoms with Crippen LogP contribution in [0.5, 0.6) is 5.75 Å². The second kappa shape index (κ2) is 4.34. The maximum Gasteiger partial charge on any atom is 0.126 e. The van der Waals surface area contributed by atoms with Crippen LogP contribution >= 0.6 is 0 Å². The molecule has 0 amide bonds. The minimum atomic E-state index is 0.351. The summed E-state index contributed by atoms with van der Waals surface area (Å²) in [5.74, 6) is 0.888. The summed E-state index contributed by atoms with van der Waals surface area (Å²) in [5.41, 5.74) is 2.13. The highest BCUT2D eigenvalue weighted by Crippen LogP contribution is 2.34. The van der Waals surface area contributed by atoms with Gasteiger partial charge in [0.05, 0.1) is 5.52 Å². The molecular formula is C14H16N2O. The molecule has 0 atom stereocenters. The largest absolute Gasteiger partial charge is 0.507 e. The van der Waals surface area contributed by atoms with E-state index in [1.807, 2.05) is 12.1 Å².